The van der Waals surface area contributed by atoms with Crippen molar-refractivity contribution in [2.45, 2.75) is 0 Å². The molecule has 2 heterocycles. The maximum Gasteiger partial charge on any atom is 0.227 e. The van der Waals surface area contributed by atoms with Crippen LogP contribution in [0.2, 0.25) is 0 Å². The fourth-order valence-corrected chi connectivity index (χ4v) is 5.57. The Morgan fingerprint density at radius 2 is 0.837 bits per heavy atom. The molecular formula is C39H25N3O. The summed E-state index contributed by atoms with van der Waals surface area (Å²) >= 11 is 0. The minimum absolute atomic E-state index is 0.626. The number of fused-ring (bicyclic) bond motifs is 2. The molecule has 6 aromatic carbocycles. The van der Waals surface area contributed by atoms with E-state index in [9.17, 15) is 0 Å². The Balaban J connectivity index is 1.18. The molecule has 0 aliphatic rings. The smallest absolute Gasteiger partial charge is 0.227 e. The summed E-state index contributed by atoms with van der Waals surface area (Å²) in [7, 11) is 0. The molecule has 0 atom stereocenters. The minimum atomic E-state index is 0.626. The molecule has 43 heavy (non-hydrogen) atoms. The molecule has 0 saturated carbocycles. The Morgan fingerprint density at radius 3 is 1.51 bits per heavy atom. The summed E-state index contributed by atoms with van der Waals surface area (Å²) in [5, 5.41) is 0. The molecule has 8 aromatic rings. The SMILES string of the molecule is c1ccc(-c2ccccc2-c2nc3ccccc3nc2-c2ccc(-c3ccc(-c4nc5ccccc5o4)cc3)cc2)cc1. The highest BCUT2D eigenvalue weighted by molar-refractivity contribution is 5.92. The molecule has 0 amide bonds. The van der Waals surface area contributed by atoms with Crippen molar-refractivity contribution < 1.29 is 4.42 Å². The molecule has 4 nitrogen and oxygen atoms in total. The van der Waals surface area contributed by atoms with Crippen LogP contribution in [-0.4, -0.2) is 15.0 Å². The van der Waals surface area contributed by atoms with Crippen LogP contribution < -0.4 is 0 Å². The van der Waals surface area contributed by atoms with Gasteiger partial charge in [-0.25, -0.2) is 15.0 Å². The molecule has 0 aliphatic carbocycles. The second kappa shape index (κ2) is 10.5. The van der Waals surface area contributed by atoms with Gasteiger partial charge in [-0.3, -0.25) is 0 Å². The summed E-state index contributed by atoms with van der Waals surface area (Å²) < 4.78 is 5.96. The molecule has 0 aliphatic heterocycles. The molecule has 0 N–H and O–H groups in total. The van der Waals surface area contributed by atoms with Gasteiger partial charge in [-0.05, 0) is 58.7 Å². The van der Waals surface area contributed by atoms with Gasteiger partial charge >= 0.3 is 0 Å². The molecule has 0 spiro atoms. The lowest BCUT2D eigenvalue weighted by molar-refractivity contribution is 0.620. The Hall–Kier alpha value is -5.87. The van der Waals surface area contributed by atoms with Crippen molar-refractivity contribution in [3.8, 4) is 56.2 Å². The zero-order valence-electron chi connectivity index (χ0n) is 23.2. The first-order valence-corrected chi connectivity index (χ1v) is 14.3. The van der Waals surface area contributed by atoms with Gasteiger partial charge in [0.25, 0.3) is 0 Å². The van der Waals surface area contributed by atoms with Gasteiger partial charge < -0.3 is 4.42 Å². The van der Waals surface area contributed by atoms with Gasteiger partial charge in [0.1, 0.15) is 5.52 Å². The maximum absolute atomic E-state index is 5.96. The third-order valence-corrected chi connectivity index (χ3v) is 7.75. The first-order chi connectivity index (χ1) is 21.3. The molecule has 0 fully saturated rings. The summed E-state index contributed by atoms with van der Waals surface area (Å²) in [5.74, 6) is 0.626. The lowest BCUT2D eigenvalue weighted by atomic mass is 9.94. The number of rotatable bonds is 5. The van der Waals surface area contributed by atoms with Gasteiger partial charge in [0.2, 0.25) is 5.89 Å². The maximum atomic E-state index is 5.96. The van der Waals surface area contributed by atoms with Crippen LogP contribution >= 0.6 is 0 Å². The van der Waals surface area contributed by atoms with Crippen LogP contribution in [0.4, 0.5) is 0 Å². The average molecular weight is 552 g/mol. The van der Waals surface area contributed by atoms with Gasteiger partial charge in [-0.15, -0.1) is 0 Å². The van der Waals surface area contributed by atoms with Crippen LogP contribution in [0.1, 0.15) is 0 Å². The summed E-state index contributed by atoms with van der Waals surface area (Å²) in [4.78, 5) is 14.9. The molecule has 202 valence electrons. The molecule has 0 radical (unpaired) electrons. The van der Waals surface area contributed by atoms with Crippen LogP contribution in [0.15, 0.2) is 156 Å². The molecule has 0 bridgehead atoms. The second-order valence-electron chi connectivity index (χ2n) is 10.5. The number of hydrogen-bond acceptors (Lipinski definition) is 4. The molecule has 2 aromatic heterocycles. The standard InChI is InChI=1S/C39H25N3O/c1-2-10-28(11-3-1)31-12-4-5-13-32(31)38-37(40-33-14-6-7-15-34(33)41-38)29-22-18-26(19-23-29)27-20-24-30(25-21-27)39-42-35-16-8-9-17-36(35)43-39/h1-25H. The van der Waals surface area contributed by atoms with Crippen LogP contribution in [0, 0.1) is 0 Å². The number of nitrogens with zero attached hydrogens (tertiary/aromatic N) is 3. The quantitative estimate of drug-likeness (QED) is 0.214. The van der Waals surface area contributed by atoms with Crippen molar-refractivity contribution in [3.63, 3.8) is 0 Å². The van der Waals surface area contributed by atoms with Crippen molar-refractivity contribution in [3.05, 3.63) is 152 Å². The van der Waals surface area contributed by atoms with Crippen LogP contribution in [-0.2, 0) is 0 Å². The normalized spacial score (nSPS) is 11.3. The third kappa shape index (κ3) is 4.65. The number of benzene rings is 6. The summed E-state index contributed by atoms with van der Waals surface area (Å²) in [6.45, 7) is 0. The number of para-hydroxylation sites is 4. The predicted octanol–water partition coefficient (Wildman–Crippen LogP) is 10.1. The molecule has 8 rings (SSSR count). The largest absolute Gasteiger partial charge is 0.436 e. The molecule has 0 saturated heterocycles. The second-order valence-corrected chi connectivity index (χ2v) is 10.5. The van der Waals surface area contributed by atoms with Gasteiger partial charge in [-0.2, -0.15) is 0 Å². The van der Waals surface area contributed by atoms with Crippen molar-refractivity contribution in [2.75, 3.05) is 0 Å². The molecule has 4 heteroatoms. The summed E-state index contributed by atoms with van der Waals surface area (Å²) in [6, 6.07) is 51.6. The molecule has 0 unspecified atom stereocenters. The average Bonchev–Trinajstić information content (AvgIpc) is 3.53. The van der Waals surface area contributed by atoms with E-state index in [-0.39, 0.29) is 0 Å². The van der Waals surface area contributed by atoms with E-state index in [4.69, 9.17) is 14.4 Å². The Labute approximate surface area is 249 Å². The number of oxazole rings is 1. The van der Waals surface area contributed by atoms with E-state index in [1.807, 2.05) is 54.6 Å². The summed E-state index contributed by atoms with van der Waals surface area (Å²) in [5.41, 5.74) is 12.7. The third-order valence-electron chi connectivity index (χ3n) is 7.75. The lowest BCUT2D eigenvalue weighted by Crippen LogP contribution is -1.97. The van der Waals surface area contributed by atoms with Gasteiger partial charge in [0.05, 0.1) is 22.4 Å². The van der Waals surface area contributed by atoms with Crippen LogP contribution in [0.3, 0.4) is 0 Å². The monoisotopic (exact) mass is 551 g/mol. The highest BCUT2D eigenvalue weighted by atomic mass is 16.3. The topological polar surface area (TPSA) is 51.8 Å². The number of aromatic nitrogens is 3. The lowest BCUT2D eigenvalue weighted by Gasteiger charge is -2.15. The Morgan fingerprint density at radius 1 is 0.326 bits per heavy atom. The zero-order valence-corrected chi connectivity index (χ0v) is 23.2. The zero-order chi connectivity index (χ0) is 28.6. The van der Waals surface area contributed by atoms with Crippen LogP contribution in [0.25, 0.3) is 78.4 Å². The van der Waals surface area contributed by atoms with E-state index >= 15 is 0 Å². The van der Waals surface area contributed by atoms with E-state index in [1.165, 1.54) is 0 Å². The van der Waals surface area contributed by atoms with E-state index < -0.39 is 0 Å². The fourth-order valence-electron chi connectivity index (χ4n) is 5.57. The number of hydrogen-bond donors (Lipinski definition) is 0. The first kappa shape index (κ1) is 24.9. The highest BCUT2D eigenvalue weighted by Crippen LogP contribution is 2.37. The van der Waals surface area contributed by atoms with Gasteiger partial charge in [-0.1, -0.05) is 115 Å². The Bertz CT molecular complexity index is 2180. The van der Waals surface area contributed by atoms with E-state index in [1.54, 1.807) is 0 Å². The van der Waals surface area contributed by atoms with Crippen molar-refractivity contribution in [2.24, 2.45) is 0 Å². The van der Waals surface area contributed by atoms with Gasteiger partial charge in [0.15, 0.2) is 5.58 Å². The van der Waals surface area contributed by atoms with Gasteiger partial charge in [0, 0.05) is 16.7 Å². The Kier molecular flexibility index (Phi) is 6.08. The van der Waals surface area contributed by atoms with Crippen molar-refractivity contribution in [1.29, 1.82) is 0 Å². The summed E-state index contributed by atoms with van der Waals surface area (Å²) in [6.07, 6.45) is 0. The van der Waals surface area contributed by atoms with E-state index in [2.05, 4.69) is 102 Å². The van der Waals surface area contributed by atoms with Crippen molar-refractivity contribution >= 4 is 22.1 Å². The highest BCUT2D eigenvalue weighted by Gasteiger charge is 2.17. The fraction of sp³-hybridized carbons (Fsp3) is 0. The van der Waals surface area contributed by atoms with Crippen molar-refractivity contribution in [1.82, 2.24) is 15.0 Å². The van der Waals surface area contributed by atoms with E-state index in [0.29, 0.717) is 5.89 Å². The predicted molar refractivity (Wildman–Crippen MR) is 174 cm³/mol. The first-order valence-electron chi connectivity index (χ1n) is 14.3. The van der Waals surface area contributed by atoms with Crippen LogP contribution in [0.5, 0.6) is 0 Å². The minimum Gasteiger partial charge on any atom is -0.436 e. The van der Waals surface area contributed by atoms with E-state index in [0.717, 1.165) is 72.5 Å². The molecular weight excluding hydrogens is 526 g/mol.